The second-order valence-electron chi connectivity index (χ2n) is 6.50. The van der Waals surface area contributed by atoms with E-state index in [1.807, 2.05) is 30.5 Å². The van der Waals surface area contributed by atoms with Crippen molar-refractivity contribution in [2.24, 2.45) is 10.7 Å². The number of piperazine rings is 1. The van der Waals surface area contributed by atoms with Crippen molar-refractivity contribution >= 4 is 17.5 Å². The number of rotatable bonds is 6. The normalized spacial score (nSPS) is 15.6. The molecular formula is C20H28N6O. The van der Waals surface area contributed by atoms with Gasteiger partial charge in [0, 0.05) is 44.1 Å². The fourth-order valence-electron chi connectivity index (χ4n) is 3.06. The van der Waals surface area contributed by atoms with E-state index in [1.165, 1.54) is 0 Å². The number of nitrogens with zero attached hydrogens (tertiary/aromatic N) is 4. The van der Waals surface area contributed by atoms with Gasteiger partial charge in [0.25, 0.3) is 0 Å². The average molecular weight is 368 g/mol. The summed E-state index contributed by atoms with van der Waals surface area (Å²) in [5.41, 5.74) is 7.85. The maximum absolute atomic E-state index is 5.98. The lowest BCUT2D eigenvalue weighted by atomic mass is 10.2. The lowest BCUT2D eigenvalue weighted by Crippen LogP contribution is -2.46. The van der Waals surface area contributed by atoms with Gasteiger partial charge in [0.2, 0.25) is 0 Å². The van der Waals surface area contributed by atoms with Gasteiger partial charge in [-0.3, -0.25) is 0 Å². The first kappa shape index (κ1) is 19.0. The van der Waals surface area contributed by atoms with Crippen LogP contribution in [0, 0.1) is 0 Å². The first-order valence-electron chi connectivity index (χ1n) is 9.31. The van der Waals surface area contributed by atoms with Crippen molar-refractivity contribution in [2.45, 2.75) is 13.5 Å². The number of pyridine rings is 1. The van der Waals surface area contributed by atoms with Crippen molar-refractivity contribution in [1.29, 1.82) is 0 Å². The van der Waals surface area contributed by atoms with E-state index in [2.05, 4.69) is 44.1 Å². The van der Waals surface area contributed by atoms with Crippen LogP contribution >= 0.6 is 0 Å². The van der Waals surface area contributed by atoms with E-state index >= 15 is 0 Å². The molecule has 0 radical (unpaired) electrons. The summed E-state index contributed by atoms with van der Waals surface area (Å²) in [6.07, 6.45) is 1.88. The Bertz CT molecular complexity index is 753. The van der Waals surface area contributed by atoms with Crippen LogP contribution < -0.4 is 20.7 Å². The quantitative estimate of drug-likeness (QED) is 0.601. The van der Waals surface area contributed by atoms with Crippen LogP contribution in [-0.4, -0.2) is 55.7 Å². The highest BCUT2D eigenvalue weighted by molar-refractivity contribution is 5.92. The Balaban J connectivity index is 1.54. The van der Waals surface area contributed by atoms with Gasteiger partial charge in [0.15, 0.2) is 5.96 Å². The van der Waals surface area contributed by atoms with Crippen molar-refractivity contribution in [3.8, 4) is 5.75 Å². The van der Waals surface area contributed by atoms with Gasteiger partial charge in [0.05, 0.1) is 13.7 Å². The number of hydrogen-bond acceptors (Lipinski definition) is 5. The summed E-state index contributed by atoms with van der Waals surface area (Å²) in [5, 5.41) is 3.07. The zero-order chi connectivity index (χ0) is 19.1. The maximum atomic E-state index is 5.98. The number of hydrogen-bond donors (Lipinski definition) is 2. The number of anilines is 2. The number of benzene rings is 1. The summed E-state index contributed by atoms with van der Waals surface area (Å²) in [6.45, 7) is 8.04. The Morgan fingerprint density at radius 3 is 2.70 bits per heavy atom. The van der Waals surface area contributed by atoms with E-state index in [-0.39, 0.29) is 0 Å². The van der Waals surface area contributed by atoms with E-state index in [9.17, 15) is 0 Å². The summed E-state index contributed by atoms with van der Waals surface area (Å²) in [7, 11) is 1.64. The zero-order valence-corrected chi connectivity index (χ0v) is 16.1. The predicted octanol–water partition coefficient (Wildman–Crippen LogP) is 2.16. The standard InChI is InChI=1S/C20H28N6O/c1-3-25-9-11-26(12-10-25)19-8-7-16(14-22-19)15-23-20(21)24-17-5-4-6-18(13-17)27-2/h4-8,13-14H,3,9-12,15H2,1-2H3,(H3,21,23,24). The van der Waals surface area contributed by atoms with Gasteiger partial charge >= 0.3 is 0 Å². The number of aliphatic imine (C=N–C) groups is 1. The van der Waals surface area contributed by atoms with Gasteiger partial charge in [-0.25, -0.2) is 9.98 Å². The molecule has 1 aliphatic rings. The number of guanidine groups is 1. The molecular weight excluding hydrogens is 340 g/mol. The third-order valence-corrected chi connectivity index (χ3v) is 4.73. The molecule has 0 bridgehead atoms. The summed E-state index contributed by atoms with van der Waals surface area (Å²) in [6, 6.07) is 11.7. The molecule has 1 aromatic carbocycles. The van der Waals surface area contributed by atoms with Crippen LogP contribution in [0.4, 0.5) is 11.5 Å². The second-order valence-corrected chi connectivity index (χ2v) is 6.50. The largest absolute Gasteiger partial charge is 0.497 e. The maximum Gasteiger partial charge on any atom is 0.193 e. The highest BCUT2D eigenvalue weighted by Crippen LogP contribution is 2.17. The number of nitrogens with two attached hydrogens (primary N) is 1. The second kappa shape index (κ2) is 9.23. The van der Waals surface area contributed by atoms with Crippen molar-refractivity contribution in [3.63, 3.8) is 0 Å². The molecule has 7 nitrogen and oxygen atoms in total. The SMILES string of the molecule is CCN1CCN(c2ccc(CN=C(N)Nc3cccc(OC)c3)cn2)CC1. The molecule has 1 saturated heterocycles. The molecule has 7 heteroatoms. The molecule has 0 unspecified atom stereocenters. The Hall–Kier alpha value is -2.80. The highest BCUT2D eigenvalue weighted by Gasteiger charge is 2.16. The molecule has 0 saturated carbocycles. The van der Waals surface area contributed by atoms with Crippen molar-refractivity contribution in [3.05, 3.63) is 48.2 Å². The van der Waals surface area contributed by atoms with Crippen LogP contribution in [0.2, 0.25) is 0 Å². The Labute approximate surface area is 160 Å². The Kier molecular flexibility index (Phi) is 6.49. The molecule has 1 fully saturated rings. The average Bonchev–Trinajstić information content (AvgIpc) is 2.73. The Morgan fingerprint density at radius 1 is 1.22 bits per heavy atom. The van der Waals surface area contributed by atoms with E-state index < -0.39 is 0 Å². The number of ether oxygens (including phenoxy) is 1. The van der Waals surface area contributed by atoms with Crippen LogP contribution in [0.1, 0.15) is 12.5 Å². The lowest BCUT2D eigenvalue weighted by molar-refractivity contribution is 0.270. The molecule has 0 aliphatic carbocycles. The van der Waals surface area contributed by atoms with Crippen molar-refractivity contribution < 1.29 is 4.74 Å². The zero-order valence-electron chi connectivity index (χ0n) is 16.1. The van der Waals surface area contributed by atoms with Gasteiger partial charge in [0.1, 0.15) is 11.6 Å². The third kappa shape index (κ3) is 5.34. The number of nitrogens with one attached hydrogen (secondary N) is 1. The molecule has 2 aromatic rings. The lowest BCUT2D eigenvalue weighted by Gasteiger charge is -2.34. The van der Waals surface area contributed by atoms with Crippen LogP contribution in [0.3, 0.4) is 0 Å². The molecule has 0 spiro atoms. The number of methoxy groups -OCH3 is 1. The van der Waals surface area contributed by atoms with Gasteiger partial charge in [-0.05, 0) is 30.3 Å². The smallest absolute Gasteiger partial charge is 0.193 e. The monoisotopic (exact) mass is 368 g/mol. The van der Waals surface area contributed by atoms with Gasteiger partial charge in [-0.15, -0.1) is 0 Å². The Morgan fingerprint density at radius 2 is 2.04 bits per heavy atom. The topological polar surface area (TPSA) is 79.0 Å². The van der Waals surface area contributed by atoms with E-state index in [4.69, 9.17) is 10.5 Å². The van der Waals surface area contributed by atoms with Crippen molar-refractivity contribution in [2.75, 3.05) is 50.1 Å². The minimum Gasteiger partial charge on any atom is -0.497 e. The highest BCUT2D eigenvalue weighted by atomic mass is 16.5. The molecule has 3 rings (SSSR count). The fourth-order valence-corrected chi connectivity index (χ4v) is 3.06. The van der Waals surface area contributed by atoms with Crippen molar-refractivity contribution in [1.82, 2.24) is 9.88 Å². The summed E-state index contributed by atoms with van der Waals surface area (Å²) in [4.78, 5) is 13.8. The molecule has 3 N–H and O–H groups in total. The van der Waals surface area contributed by atoms with E-state index in [1.54, 1.807) is 7.11 Å². The molecule has 0 amide bonds. The first-order chi connectivity index (χ1) is 13.2. The van der Waals surface area contributed by atoms with Crippen LogP contribution in [-0.2, 0) is 6.54 Å². The van der Waals surface area contributed by atoms with Gasteiger partial charge in [-0.2, -0.15) is 0 Å². The molecule has 27 heavy (non-hydrogen) atoms. The minimum absolute atomic E-state index is 0.364. The van der Waals surface area contributed by atoms with Gasteiger partial charge in [-0.1, -0.05) is 19.1 Å². The van der Waals surface area contributed by atoms with Crippen LogP contribution in [0.15, 0.2) is 47.6 Å². The van der Waals surface area contributed by atoms with Crippen LogP contribution in [0.5, 0.6) is 5.75 Å². The fraction of sp³-hybridized carbons (Fsp3) is 0.400. The minimum atomic E-state index is 0.364. The molecule has 1 aromatic heterocycles. The number of likely N-dealkylation sites (N-methyl/N-ethyl adjacent to an activating group) is 1. The molecule has 0 atom stereocenters. The molecule has 144 valence electrons. The van der Waals surface area contributed by atoms with Crippen LogP contribution in [0.25, 0.3) is 0 Å². The summed E-state index contributed by atoms with van der Waals surface area (Å²) in [5.74, 6) is 2.16. The number of aromatic nitrogens is 1. The predicted molar refractivity (Wildman–Crippen MR) is 111 cm³/mol. The summed E-state index contributed by atoms with van der Waals surface area (Å²) >= 11 is 0. The van der Waals surface area contributed by atoms with E-state index in [0.717, 1.165) is 55.5 Å². The molecule has 2 heterocycles. The third-order valence-electron chi connectivity index (χ3n) is 4.73. The van der Waals surface area contributed by atoms with Gasteiger partial charge < -0.3 is 25.6 Å². The summed E-state index contributed by atoms with van der Waals surface area (Å²) < 4.78 is 5.20. The first-order valence-corrected chi connectivity index (χ1v) is 9.31. The van der Waals surface area contributed by atoms with E-state index in [0.29, 0.717) is 12.5 Å². The molecule has 1 aliphatic heterocycles.